The Balaban J connectivity index is 1.52. The number of ether oxygens (including phenoxy) is 2. The number of hydrazine groups is 1. The summed E-state index contributed by atoms with van der Waals surface area (Å²) in [5.74, 6) is 7.68. The number of hydrogen-bond acceptors (Lipinski definition) is 5. The summed E-state index contributed by atoms with van der Waals surface area (Å²) >= 11 is 2.14. The minimum absolute atomic E-state index is 0.0777. The third-order valence-electron chi connectivity index (χ3n) is 5.53. The molecule has 0 amide bonds. The lowest BCUT2D eigenvalue weighted by molar-refractivity contribution is -0.149. The molecule has 2 heterocycles. The van der Waals surface area contributed by atoms with Crippen molar-refractivity contribution in [2.24, 2.45) is 11.8 Å². The van der Waals surface area contributed by atoms with Crippen molar-refractivity contribution < 1.29 is 9.47 Å². The molecule has 5 heteroatoms. The normalized spacial score (nSPS) is 31.6. The van der Waals surface area contributed by atoms with Gasteiger partial charge in [-0.15, -0.1) is 0 Å². The van der Waals surface area contributed by atoms with Crippen LogP contribution < -0.4 is 11.3 Å². The average molecular weight is 314 g/mol. The van der Waals surface area contributed by atoms with Crippen LogP contribution in [0.4, 0.5) is 0 Å². The van der Waals surface area contributed by atoms with E-state index in [0.717, 1.165) is 56.5 Å². The fourth-order valence-electron chi connectivity index (χ4n) is 4.12. The molecule has 3 aliphatic rings. The van der Waals surface area contributed by atoms with Crippen molar-refractivity contribution in [1.82, 2.24) is 5.43 Å². The van der Waals surface area contributed by atoms with Gasteiger partial charge < -0.3 is 9.47 Å². The van der Waals surface area contributed by atoms with E-state index in [4.69, 9.17) is 15.3 Å². The maximum absolute atomic E-state index is 6.15. The predicted molar refractivity (Wildman–Crippen MR) is 87.3 cm³/mol. The molecule has 21 heavy (non-hydrogen) atoms. The van der Waals surface area contributed by atoms with Crippen LogP contribution in [-0.2, 0) is 9.47 Å². The maximum atomic E-state index is 6.15. The first kappa shape index (κ1) is 16.1. The van der Waals surface area contributed by atoms with E-state index in [1.165, 1.54) is 25.7 Å². The largest absolute Gasteiger partial charge is 0.381 e. The van der Waals surface area contributed by atoms with Crippen LogP contribution >= 0.6 is 11.8 Å². The second-order valence-electron chi connectivity index (χ2n) is 6.91. The zero-order valence-corrected chi connectivity index (χ0v) is 13.8. The molecule has 3 fully saturated rings. The number of nitrogens with one attached hydrogen (secondary N) is 1. The summed E-state index contributed by atoms with van der Waals surface area (Å²) in [6.45, 7) is 2.59. The topological polar surface area (TPSA) is 56.5 Å². The first-order valence-electron chi connectivity index (χ1n) is 8.61. The number of rotatable bonds is 5. The van der Waals surface area contributed by atoms with Gasteiger partial charge in [-0.2, -0.15) is 11.8 Å². The summed E-state index contributed by atoms with van der Waals surface area (Å²) in [6.07, 6.45) is 10.0. The minimum atomic E-state index is 0.0777. The van der Waals surface area contributed by atoms with Crippen LogP contribution in [0.15, 0.2) is 0 Å². The number of nitrogens with two attached hydrogens (primary N) is 1. The first-order valence-corrected chi connectivity index (χ1v) is 9.66. The molecule has 0 aromatic rings. The first-order chi connectivity index (χ1) is 10.3. The molecule has 3 rings (SSSR count). The van der Waals surface area contributed by atoms with Crippen molar-refractivity contribution in [3.05, 3.63) is 0 Å². The highest BCUT2D eigenvalue weighted by atomic mass is 32.2. The minimum Gasteiger partial charge on any atom is -0.381 e. The summed E-state index contributed by atoms with van der Waals surface area (Å²) in [7, 11) is 0. The van der Waals surface area contributed by atoms with E-state index in [0.29, 0.717) is 12.0 Å². The van der Waals surface area contributed by atoms with Gasteiger partial charge in [0.25, 0.3) is 0 Å². The molecule has 1 spiro atoms. The standard InChI is InChI=1S/C16H30N2O2S/c17-18-15(12-21-14-3-1-2-4-14)13-5-8-20-16(11-13)6-9-19-10-7-16/h13-15,18H,1-12,17H2. The molecule has 3 N–H and O–H groups in total. The Morgan fingerprint density at radius 3 is 2.62 bits per heavy atom. The highest BCUT2D eigenvalue weighted by molar-refractivity contribution is 7.99. The van der Waals surface area contributed by atoms with Crippen molar-refractivity contribution in [2.75, 3.05) is 25.6 Å². The second-order valence-corrected chi connectivity index (χ2v) is 8.24. The zero-order valence-electron chi connectivity index (χ0n) is 13.0. The molecule has 2 atom stereocenters. The van der Waals surface area contributed by atoms with Crippen LogP contribution in [0.1, 0.15) is 51.4 Å². The Morgan fingerprint density at radius 1 is 1.14 bits per heavy atom. The van der Waals surface area contributed by atoms with Crippen molar-refractivity contribution in [3.63, 3.8) is 0 Å². The number of thioether (sulfide) groups is 1. The van der Waals surface area contributed by atoms with Crippen LogP contribution in [0.2, 0.25) is 0 Å². The fourth-order valence-corrected chi connectivity index (χ4v) is 5.63. The van der Waals surface area contributed by atoms with Gasteiger partial charge in [0.1, 0.15) is 0 Å². The van der Waals surface area contributed by atoms with Gasteiger partial charge >= 0.3 is 0 Å². The van der Waals surface area contributed by atoms with E-state index in [9.17, 15) is 0 Å². The molecule has 0 aromatic carbocycles. The van der Waals surface area contributed by atoms with Gasteiger partial charge in [0, 0.05) is 36.9 Å². The van der Waals surface area contributed by atoms with E-state index < -0.39 is 0 Å². The quantitative estimate of drug-likeness (QED) is 0.603. The third-order valence-corrected chi connectivity index (χ3v) is 7.03. The zero-order chi connectivity index (χ0) is 14.5. The molecular weight excluding hydrogens is 284 g/mol. The van der Waals surface area contributed by atoms with Crippen LogP contribution in [0.25, 0.3) is 0 Å². The summed E-state index contributed by atoms with van der Waals surface area (Å²) in [5.41, 5.74) is 3.19. The summed E-state index contributed by atoms with van der Waals surface area (Å²) < 4.78 is 11.7. The van der Waals surface area contributed by atoms with E-state index >= 15 is 0 Å². The van der Waals surface area contributed by atoms with E-state index in [1.54, 1.807) is 0 Å². The van der Waals surface area contributed by atoms with Crippen molar-refractivity contribution in [1.29, 1.82) is 0 Å². The second kappa shape index (κ2) is 7.64. The Labute approximate surface area is 132 Å². The van der Waals surface area contributed by atoms with Gasteiger partial charge in [-0.1, -0.05) is 12.8 Å². The lowest BCUT2D eigenvalue weighted by Gasteiger charge is -2.45. The summed E-state index contributed by atoms with van der Waals surface area (Å²) in [6, 6.07) is 0.430. The molecule has 0 bridgehead atoms. The van der Waals surface area contributed by atoms with Crippen LogP contribution in [0, 0.1) is 5.92 Å². The van der Waals surface area contributed by atoms with Gasteiger partial charge in [-0.3, -0.25) is 11.3 Å². The average Bonchev–Trinajstić information content (AvgIpc) is 3.02. The molecule has 0 aromatic heterocycles. The third kappa shape index (κ3) is 4.14. The fraction of sp³-hybridized carbons (Fsp3) is 1.00. The smallest absolute Gasteiger partial charge is 0.0729 e. The van der Waals surface area contributed by atoms with Crippen LogP contribution in [0.3, 0.4) is 0 Å². The Kier molecular flexibility index (Phi) is 5.85. The van der Waals surface area contributed by atoms with Gasteiger partial charge in [0.2, 0.25) is 0 Å². The molecule has 2 aliphatic heterocycles. The lowest BCUT2D eigenvalue weighted by Crippen LogP contribution is -2.51. The SMILES string of the molecule is NNC(CSC1CCCC1)C1CCOC2(CCOCC2)C1. The predicted octanol–water partition coefficient (Wildman–Crippen LogP) is 2.47. The molecule has 122 valence electrons. The van der Waals surface area contributed by atoms with E-state index in [-0.39, 0.29) is 5.60 Å². The van der Waals surface area contributed by atoms with Crippen LogP contribution in [-0.4, -0.2) is 42.5 Å². The van der Waals surface area contributed by atoms with E-state index in [1.807, 2.05) is 0 Å². The van der Waals surface area contributed by atoms with Crippen molar-refractivity contribution in [2.45, 2.75) is 68.3 Å². The summed E-state index contributed by atoms with van der Waals surface area (Å²) in [4.78, 5) is 0. The monoisotopic (exact) mass is 314 g/mol. The van der Waals surface area contributed by atoms with Crippen molar-refractivity contribution >= 4 is 11.8 Å². The molecule has 1 aliphatic carbocycles. The molecular formula is C16H30N2O2S. The Bertz CT molecular complexity index is 312. The molecule has 0 radical (unpaired) electrons. The highest BCUT2D eigenvalue weighted by Gasteiger charge is 2.41. The maximum Gasteiger partial charge on any atom is 0.0729 e. The van der Waals surface area contributed by atoms with Gasteiger partial charge in [-0.25, -0.2) is 0 Å². The highest BCUT2D eigenvalue weighted by Crippen LogP contribution is 2.39. The van der Waals surface area contributed by atoms with Crippen molar-refractivity contribution in [3.8, 4) is 0 Å². The lowest BCUT2D eigenvalue weighted by atomic mass is 9.78. The number of hydrogen-bond donors (Lipinski definition) is 2. The van der Waals surface area contributed by atoms with Gasteiger partial charge in [-0.05, 0) is 44.4 Å². The Morgan fingerprint density at radius 2 is 1.90 bits per heavy atom. The molecule has 2 unspecified atom stereocenters. The molecule has 2 saturated heterocycles. The molecule has 1 saturated carbocycles. The van der Waals surface area contributed by atoms with Gasteiger partial charge in [0.05, 0.1) is 5.60 Å². The summed E-state index contributed by atoms with van der Waals surface area (Å²) in [5, 5.41) is 0.873. The molecule has 4 nitrogen and oxygen atoms in total. The Hall–Kier alpha value is 0.190. The van der Waals surface area contributed by atoms with Crippen LogP contribution in [0.5, 0.6) is 0 Å². The van der Waals surface area contributed by atoms with Gasteiger partial charge in [0.15, 0.2) is 0 Å². The van der Waals surface area contributed by atoms with E-state index in [2.05, 4.69) is 17.2 Å².